The van der Waals surface area contributed by atoms with Crippen molar-refractivity contribution in [3.8, 4) is 0 Å². The molecule has 0 unspecified atom stereocenters. The Morgan fingerprint density at radius 1 is 1.12 bits per heavy atom. The van der Waals surface area contributed by atoms with Gasteiger partial charge in [0.15, 0.2) is 0 Å². The van der Waals surface area contributed by atoms with E-state index in [9.17, 15) is 31.5 Å². The fourth-order valence-electron chi connectivity index (χ4n) is 5.47. The number of hydrogen-bond acceptors (Lipinski definition) is 6. The van der Waals surface area contributed by atoms with Gasteiger partial charge in [-0.05, 0) is 54.5 Å². The molecule has 4 rings (SSSR count). The van der Waals surface area contributed by atoms with Gasteiger partial charge in [0, 0.05) is 24.1 Å². The van der Waals surface area contributed by atoms with E-state index < -0.39 is 52.5 Å². The van der Waals surface area contributed by atoms with Gasteiger partial charge in [0.1, 0.15) is 6.04 Å². The number of alkyl halides is 3. The van der Waals surface area contributed by atoms with Gasteiger partial charge < -0.3 is 20.5 Å². The Kier molecular flexibility index (Phi) is 11.5. The molecule has 1 aliphatic heterocycles. The van der Waals surface area contributed by atoms with Crippen molar-refractivity contribution in [2.75, 3.05) is 26.0 Å². The van der Waals surface area contributed by atoms with Crippen molar-refractivity contribution >= 4 is 31.9 Å². The number of likely N-dealkylation sites (N-methyl/N-ethyl adjacent to an activating group) is 1. The fraction of sp³-hybridized carbons (Fsp3) is 0.500. The number of allylic oxidation sites excluding steroid dienone is 1. The normalized spacial score (nSPS) is 26.6. The van der Waals surface area contributed by atoms with E-state index in [0.29, 0.717) is 6.42 Å². The van der Waals surface area contributed by atoms with Gasteiger partial charge in [-0.2, -0.15) is 17.5 Å². The number of hydrogen-bond donors (Lipinski definition) is 3. The summed E-state index contributed by atoms with van der Waals surface area (Å²) in [6.45, 7) is 0.399. The summed E-state index contributed by atoms with van der Waals surface area (Å²) >= 11 is 3.53. The molecule has 0 saturated carbocycles. The highest BCUT2D eigenvalue weighted by Crippen LogP contribution is 2.42. The Labute approximate surface area is 258 Å². The van der Waals surface area contributed by atoms with E-state index in [4.69, 9.17) is 4.74 Å². The largest absolute Gasteiger partial charge is 0.390 e. The average molecular weight is 689 g/mol. The minimum atomic E-state index is -4.66. The molecule has 2 aromatic rings. The van der Waals surface area contributed by atoms with E-state index in [1.807, 2.05) is 48.5 Å². The third kappa shape index (κ3) is 9.35. The molecule has 8 nitrogen and oxygen atoms in total. The lowest BCUT2D eigenvalue weighted by Gasteiger charge is -2.31. The van der Waals surface area contributed by atoms with Crippen molar-refractivity contribution < 1.29 is 36.2 Å². The maximum Gasteiger partial charge on any atom is 0.390 e. The summed E-state index contributed by atoms with van der Waals surface area (Å²) in [6, 6.07) is 13.0. The Balaban J connectivity index is 1.61. The van der Waals surface area contributed by atoms with Crippen LogP contribution < -0.4 is 10.6 Å². The molecule has 236 valence electrons. The Morgan fingerprint density at radius 2 is 1.86 bits per heavy atom. The molecule has 2 aromatic carbocycles. The molecule has 43 heavy (non-hydrogen) atoms. The van der Waals surface area contributed by atoms with Crippen LogP contribution in [0.2, 0.25) is 0 Å². The maximum absolute atomic E-state index is 13.6. The highest BCUT2D eigenvalue weighted by Gasteiger charge is 2.37. The van der Waals surface area contributed by atoms with E-state index in [-0.39, 0.29) is 44.6 Å². The zero-order valence-electron chi connectivity index (χ0n) is 23.8. The van der Waals surface area contributed by atoms with Crippen LogP contribution in [0.1, 0.15) is 54.5 Å². The molecule has 0 radical (unpaired) electrons. The third-order valence-electron chi connectivity index (χ3n) is 7.88. The van der Waals surface area contributed by atoms with Crippen molar-refractivity contribution in [2.24, 2.45) is 0 Å². The van der Waals surface area contributed by atoms with E-state index in [0.717, 1.165) is 32.5 Å². The lowest BCUT2D eigenvalue weighted by molar-refractivity contribution is -0.130. The SMILES string of the molecule is CN([C@H]1CC/C=C/CO[C@H]2C[C@@H](NC[C@@H](O)[C@@H](Cc3ccccc3)NC1=O)c1cc(Br)ccc12)S(=O)(=O)CCC(F)(F)F. The molecule has 0 spiro atoms. The van der Waals surface area contributed by atoms with Crippen LogP contribution in [0.15, 0.2) is 65.2 Å². The summed E-state index contributed by atoms with van der Waals surface area (Å²) in [5, 5.41) is 17.6. The number of β-amino-alcohol motifs (C(OH)–C–C–N with tert-alkyl or cyclic N) is 1. The van der Waals surface area contributed by atoms with Crippen molar-refractivity contribution in [1.29, 1.82) is 0 Å². The number of carbonyl (C=O) groups excluding carboxylic acids is 1. The molecule has 2 aliphatic rings. The number of amides is 1. The Hall–Kier alpha value is -2.29. The van der Waals surface area contributed by atoms with Crippen molar-refractivity contribution in [1.82, 2.24) is 14.9 Å². The molecule has 0 saturated heterocycles. The molecule has 13 heteroatoms. The van der Waals surface area contributed by atoms with E-state index in [1.54, 1.807) is 12.2 Å². The zero-order valence-corrected chi connectivity index (χ0v) is 26.2. The number of nitrogens with zero attached hydrogens (tertiary/aromatic N) is 1. The van der Waals surface area contributed by atoms with Crippen molar-refractivity contribution in [3.63, 3.8) is 0 Å². The standard InChI is InChI=1S/C30H37BrF3N3O5S/c1-37(43(40,41)15-13-30(32,33)34)26-10-6-3-7-14-42-28-18-24(23-17-21(31)11-12-22(23)28)35-19-27(38)25(36-29(26)39)16-20-8-4-2-5-9-20/h2-5,7-9,11-12,17,24-28,35,38H,6,10,13-16,18-19H2,1H3,(H,36,39)/b7-3+/t24-,25-,26+,27-,28+/m1/s1. The number of sulfonamides is 1. The second kappa shape index (κ2) is 14.7. The molecular formula is C30H37BrF3N3O5S. The van der Waals surface area contributed by atoms with Crippen LogP contribution in [0.3, 0.4) is 0 Å². The minimum absolute atomic E-state index is 0.0266. The van der Waals surface area contributed by atoms with Crippen LogP contribution in [-0.4, -0.2) is 74.1 Å². The number of aliphatic hydroxyl groups excluding tert-OH is 1. The van der Waals surface area contributed by atoms with Gasteiger partial charge in [0.2, 0.25) is 15.9 Å². The molecule has 1 aliphatic carbocycles. The summed E-state index contributed by atoms with van der Waals surface area (Å²) < 4.78 is 72.1. The molecule has 5 atom stereocenters. The summed E-state index contributed by atoms with van der Waals surface area (Å²) in [6.07, 6.45) is -2.64. The predicted octanol–water partition coefficient (Wildman–Crippen LogP) is 4.56. The van der Waals surface area contributed by atoms with Gasteiger partial charge in [0.25, 0.3) is 0 Å². The van der Waals surface area contributed by atoms with Crippen molar-refractivity contribution in [2.45, 2.75) is 68.6 Å². The van der Waals surface area contributed by atoms with Gasteiger partial charge in [-0.15, -0.1) is 0 Å². The minimum Gasteiger partial charge on any atom is -0.390 e. The van der Waals surface area contributed by atoms with E-state index in [2.05, 4.69) is 26.6 Å². The van der Waals surface area contributed by atoms with Crippen LogP contribution in [0.5, 0.6) is 0 Å². The fourth-order valence-corrected chi connectivity index (χ4v) is 7.21. The van der Waals surface area contributed by atoms with E-state index in [1.165, 1.54) is 0 Å². The summed E-state index contributed by atoms with van der Waals surface area (Å²) in [5.41, 5.74) is 2.94. The smallest absolute Gasteiger partial charge is 0.390 e. The Morgan fingerprint density at radius 3 is 2.58 bits per heavy atom. The second-order valence-electron chi connectivity index (χ2n) is 10.9. The Bertz CT molecular complexity index is 1380. The molecule has 0 aromatic heterocycles. The first kappa shape index (κ1) is 33.6. The van der Waals surface area contributed by atoms with Gasteiger partial charge in [-0.25, -0.2) is 8.42 Å². The molecule has 1 amide bonds. The van der Waals surface area contributed by atoms with Gasteiger partial charge >= 0.3 is 6.18 Å². The number of carbonyl (C=O) groups is 1. The quantitative estimate of drug-likeness (QED) is 0.385. The number of ether oxygens (including phenoxy) is 1. The number of rotatable bonds is 6. The first-order chi connectivity index (χ1) is 20.3. The molecule has 1 heterocycles. The van der Waals surface area contributed by atoms with Crippen LogP contribution in [0, 0.1) is 0 Å². The number of fused-ring (bicyclic) bond motifs is 5. The van der Waals surface area contributed by atoms with Gasteiger partial charge in [-0.3, -0.25) is 4.79 Å². The number of halogens is 4. The van der Waals surface area contributed by atoms with Crippen LogP contribution in [0.4, 0.5) is 13.2 Å². The summed E-state index contributed by atoms with van der Waals surface area (Å²) in [7, 11) is -3.30. The third-order valence-corrected chi connectivity index (χ3v) is 10.2. The molecule has 3 N–H and O–H groups in total. The van der Waals surface area contributed by atoms with Gasteiger partial charge in [-0.1, -0.05) is 64.5 Å². The number of benzene rings is 2. The van der Waals surface area contributed by atoms with Crippen LogP contribution in [-0.2, 0) is 26.0 Å². The van der Waals surface area contributed by atoms with Crippen molar-refractivity contribution in [3.05, 3.63) is 81.8 Å². The first-order valence-corrected chi connectivity index (χ1v) is 16.6. The molecule has 2 bridgehead atoms. The zero-order chi connectivity index (χ0) is 31.2. The van der Waals surface area contributed by atoms with Crippen LogP contribution >= 0.6 is 15.9 Å². The maximum atomic E-state index is 13.6. The molecular weight excluding hydrogens is 651 g/mol. The highest BCUT2D eigenvalue weighted by molar-refractivity contribution is 9.10. The number of nitrogens with one attached hydrogen (secondary N) is 2. The van der Waals surface area contributed by atoms with E-state index >= 15 is 0 Å². The van der Waals surface area contributed by atoms with Crippen LogP contribution in [0.25, 0.3) is 0 Å². The van der Waals surface area contributed by atoms with Gasteiger partial charge in [0.05, 0.1) is 37.0 Å². The molecule has 0 fully saturated rings. The highest BCUT2D eigenvalue weighted by atomic mass is 79.9. The lowest BCUT2D eigenvalue weighted by Crippen LogP contribution is -2.55. The number of aliphatic hydroxyl groups is 1. The summed E-state index contributed by atoms with van der Waals surface area (Å²) in [4.78, 5) is 13.6. The summed E-state index contributed by atoms with van der Waals surface area (Å²) in [5.74, 6) is -1.86. The predicted molar refractivity (Wildman–Crippen MR) is 161 cm³/mol. The first-order valence-electron chi connectivity index (χ1n) is 14.2. The lowest BCUT2D eigenvalue weighted by atomic mass is 9.99. The average Bonchev–Trinajstić information content (AvgIpc) is 3.29. The topological polar surface area (TPSA) is 108 Å². The monoisotopic (exact) mass is 687 g/mol. The second-order valence-corrected chi connectivity index (χ2v) is 14.0.